The molecule has 158 valence electrons. The average molecular weight is 421 g/mol. The lowest BCUT2D eigenvalue weighted by Crippen LogP contribution is -2.02. The van der Waals surface area contributed by atoms with Crippen LogP contribution in [0.2, 0.25) is 0 Å². The summed E-state index contributed by atoms with van der Waals surface area (Å²) in [5.41, 5.74) is 4.55. The smallest absolute Gasteiger partial charge is 0.308 e. The van der Waals surface area contributed by atoms with Crippen LogP contribution in [0.5, 0.6) is 5.88 Å². The highest BCUT2D eigenvalue weighted by Crippen LogP contribution is 2.36. The molecule has 0 amide bonds. The molecule has 4 heteroatoms. The Morgan fingerprint density at radius 3 is 2.28 bits per heavy atom. The van der Waals surface area contributed by atoms with Crippen molar-refractivity contribution in [3.8, 4) is 5.88 Å². The van der Waals surface area contributed by atoms with Crippen LogP contribution in [0.4, 0.5) is 0 Å². The Morgan fingerprint density at radius 2 is 1.47 bits per heavy atom. The molecule has 4 nitrogen and oxygen atoms in total. The van der Waals surface area contributed by atoms with Crippen molar-refractivity contribution in [2.45, 2.75) is 19.4 Å². The second-order valence-corrected chi connectivity index (χ2v) is 8.07. The number of nitrogens with zero attached hydrogens (tertiary/aromatic N) is 1. The minimum absolute atomic E-state index is 0.0239. The number of aromatic nitrogens is 1. The number of benzene rings is 4. The number of hydrogen-bond donors (Lipinski definition) is 2. The summed E-state index contributed by atoms with van der Waals surface area (Å²) in [4.78, 5) is 11.7. The Kier molecular flexibility index (Phi) is 5.12. The molecule has 0 radical (unpaired) electrons. The third kappa shape index (κ3) is 3.60. The first-order valence-electron chi connectivity index (χ1n) is 10.7. The van der Waals surface area contributed by atoms with Crippen LogP contribution in [0.15, 0.2) is 91.0 Å². The molecule has 1 heterocycles. The molecule has 32 heavy (non-hydrogen) atoms. The van der Waals surface area contributed by atoms with Gasteiger partial charge in [-0.2, -0.15) is 0 Å². The molecular weight excluding hydrogens is 398 g/mol. The van der Waals surface area contributed by atoms with Crippen LogP contribution >= 0.6 is 0 Å². The van der Waals surface area contributed by atoms with Gasteiger partial charge in [0.1, 0.15) is 0 Å². The molecule has 0 aliphatic rings. The molecule has 0 fully saturated rings. The van der Waals surface area contributed by atoms with E-state index in [1.807, 2.05) is 59.2 Å². The van der Waals surface area contributed by atoms with Gasteiger partial charge in [0, 0.05) is 10.9 Å². The van der Waals surface area contributed by atoms with Gasteiger partial charge in [0.2, 0.25) is 0 Å². The van der Waals surface area contributed by atoms with E-state index in [9.17, 15) is 15.0 Å². The molecule has 0 aliphatic heterocycles. The number of rotatable bonds is 6. The highest BCUT2D eigenvalue weighted by molar-refractivity contribution is 5.93. The summed E-state index contributed by atoms with van der Waals surface area (Å²) in [5, 5.41) is 23.8. The van der Waals surface area contributed by atoms with Crippen molar-refractivity contribution in [3.63, 3.8) is 0 Å². The third-order valence-electron chi connectivity index (χ3n) is 6.02. The van der Waals surface area contributed by atoms with E-state index in [1.54, 1.807) is 0 Å². The SMILES string of the molecule is O=C(O)Cc1c(O)n(Cc2cccc3ccccc23)c2cccc(Cc3ccccc3)c12. The van der Waals surface area contributed by atoms with Crippen LogP contribution in [-0.2, 0) is 24.2 Å². The molecular formula is C28H23NO3. The van der Waals surface area contributed by atoms with Crippen molar-refractivity contribution < 1.29 is 15.0 Å². The number of hydrogen-bond acceptors (Lipinski definition) is 2. The van der Waals surface area contributed by atoms with Crippen LogP contribution in [0.25, 0.3) is 21.7 Å². The lowest BCUT2D eigenvalue weighted by atomic mass is 9.98. The van der Waals surface area contributed by atoms with Gasteiger partial charge in [-0.15, -0.1) is 0 Å². The van der Waals surface area contributed by atoms with Gasteiger partial charge in [-0.1, -0.05) is 84.9 Å². The Hall–Kier alpha value is -4.05. The average Bonchev–Trinajstić information content (AvgIpc) is 3.06. The molecule has 0 atom stereocenters. The van der Waals surface area contributed by atoms with E-state index in [2.05, 4.69) is 36.4 Å². The van der Waals surface area contributed by atoms with Crippen LogP contribution in [0.3, 0.4) is 0 Å². The lowest BCUT2D eigenvalue weighted by Gasteiger charge is -2.11. The first-order chi connectivity index (χ1) is 15.6. The predicted octanol–water partition coefficient (Wildman–Crippen LogP) is 5.77. The van der Waals surface area contributed by atoms with E-state index in [0.29, 0.717) is 18.5 Å². The highest BCUT2D eigenvalue weighted by atomic mass is 16.4. The van der Waals surface area contributed by atoms with Crippen LogP contribution in [0, 0.1) is 0 Å². The maximum atomic E-state index is 11.7. The van der Waals surface area contributed by atoms with Gasteiger partial charge < -0.3 is 14.8 Å². The molecule has 0 saturated carbocycles. The summed E-state index contributed by atoms with van der Waals surface area (Å²) in [5.74, 6) is -0.935. The minimum atomic E-state index is -0.959. The highest BCUT2D eigenvalue weighted by Gasteiger charge is 2.21. The Morgan fingerprint density at radius 1 is 0.781 bits per heavy atom. The summed E-state index contributed by atoms with van der Waals surface area (Å²) < 4.78 is 1.84. The van der Waals surface area contributed by atoms with Gasteiger partial charge in [0.05, 0.1) is 18.5 Å². The van der Waals surface area contributed by atoms with E-state index >= 15 is 0 Å². The quantitative estimate of drug-likeness (QED) is 0.366. The van der Waals surface area contributed by atoms with Gasteiger partial charge in [-0.25, -0.2) is 0 Å². The van der Waals surface area contributed by atoms with Crippen molar-refractivity contribution in [2.24, 2.45) is 0 Å². The fourth-order valence-electron chi connectivity index (χ4n) is 4.59. The number of aliphatic carboxylic acids is 1. The van der Waals surface area contributed by atoms with E-state index in [1.165, 1.54) is 0 Å². The van der Waals surface area contributed by atoms with Crippen molar-refractivity contribution in [1.82, 2.24) is 4.57 Å². The van der Waals surface area contributed by atoms with E-state index in [-0.39, 0.29) is 12.3 Å². The summed E-state index contributed by atoms with van der Waals surface area (Å²) in [6, 6.07) is 30.3. The second-order valence-electron chi connectivity index (χ2n) is 8.07. The molecule has 0 bridgehead atoms. The van der Waals surface area contributed by atoms with Crippen molar-refractivity contribution in [2.75, 3.05) is 0 Å². The summed E-state index contributed by atoms with van der Waals surface area (Å²) >= 11 is 0. The maximum Gasteiger partial charge on any atom is 0.308 e. The molecule has 0 aliphatic carbocycles. The predicted molar refractivity (Wildman–Crippen MR) is 127 cm³/mol. The first kappa shape index (κ1) is 19.9. The van der Waals surface area contributed by atoms with Gasteiger partial charge in [0.25, 0.3) is 0 Å². The van der Waals surface area contributed by atoms with Gasteiger partial charge in [-0.05, 0) is 39.9 Å². The second kappa shape index (κ2) is 8.23. The summed E-state index contributed by atoms with van der Waals surface area (Å²) in [6.45, 7) is 0.456. The zero-order valence-electron chi connectivity index (χ0n) is 17.5. The summed E-state index contributed by atoms with van der Waals surface area (Å²) in [6.07, 6.45) is 0.444. The van der Waals surface area contributed by atoms with Gasteiger partial charge >= 0.3 is 5.97 Å². The van der Waals surface area contributed by atoms with Crippen molar-refractivity contribution in [1.29, 1.82) is 0 Å². The maximum absolute atomic E-state index is 11.7. The monoisotopic (exact) mass is 421 g/mol. The topological polar surface area (TPSA) is 62.5 Å². The Balaban J connectivity index is 1.68. The third-order valence-corrected chi connectivity index (χ3v) is 6.02. The molecule has 0 saturated heterocycles. The zero-order valence-corrected chi connectivity index (χ0v) is 17.5. The normalized spacial score (nSPS) is 11.2. The van der Waals surface area contributed by atoms with Crippen LogP contribution in [0.1, 0.15) is 22.3 Å². The molecule has 4 aromatic carbocycles. The van der Waals surface area contributed by atoms with Crippen molar-refractivity contribution >= 4 is 27.6 Å². The molecule has 0 spiro atoms. The lowest BCUT2D eigenvalue weighted by molar-refractivity contribution is -0.136. The zero-order chi connectivity index (χ0) is 22.1. The Labute approximate surface area is 186 Å². The minimum Gasteiger partial charge on any atom is -0.494 e. The van der Waals surface area contributed by atoms with E-state index < -0.39 is 5.97 Å². The van der Waals surface area contributed by atoms with E-state index in [0.717, 1.165) is 38.4 Å². The standard InChI is InChI=1S/C28H23NO3/c30-26(31)17-24-27-21(16-19-8-2-1-3-9-19)12-7-15-25(27)29(28(24)32)18-22-13-6-11-20-10-4-5-14-23(20)22/h1-15,32H,16-18H2,(H,30,31). The molecule has 5 rings (SSSR count). The largest absolute Gasteiger partial charge is 0.494 e. The van der Waals surface area contributed by atoms with E-state index in [4.69, 9.17) is 0 Å². The van der Waals surface area contributed by atoms with Crippen molar-refractivity contribution in [3.05, 3.63) is 113 Å². The van der Waals surface area contributed by atoms with Gasteiger partial charge in [-0.3, -0.25) is 4.79 Å². The molecule has 2 N–H and O–H groups in total. The molecule has 1 aromatic heterocycles. The molecule has 5 aromatic rings. The number of fused-ring (bicyclic) bond motifs is 2. The number of carboxylic acids is 1. The fraction of sp³-hybridized carbons (Fsp3) is 0.107. The Bertz CT molecular complexity index is 1430. The first-order valence-corrected chi connectivity index (χ1v) is 10.7. The van der Waals surface area contributed by atoms with Gasteiger partial charge in [0.15, 0.2) is 5.88 Å². The number of aromatic hydroxyl groups is 1. The van der Waals surface area contributed by atoms with Crippen LogP contribution in [-0.4, -0.2) is 20.7 Å². The number of carboxylic acid groups (broad SMARTS) is 1. The fourth-order valence-corrected chi connectivity index (χ4v) is 4.59. The summed E-state index contributed by atoms with van der Waals surface area (Å²) in [7, 11) is 0. The van der Waals surface area contributed by atoms with Crippen LogP contribution < -0.4 is 0 Å². The number of carbonyl (C=O) groups is 1. The molecule has 0 unspecified atom stereocenters.